The highest BCUT2D eigenvalue weighted by atomic mass is 79.9. The van der Waals surface area contributed by atoms with Crippen LogP contribution in [0.25, 0.3) is 0 Å². The van der Waals surface area contributed by atoms with Crippen LogP contribution in [0.15, 0.2) is 22.7 Å². The predicted octanol–water partition coefficient (Wildman–Crippen LogP) is 4.98. The van der Waals surface area contributed by atoms with Crippen molar-refractivity contribution in [3.05, 3.63) is 33.8 Å². The van der Waals surface area contributed by atoms with Crippen molar-refractivity contribution in [3.8, 4) is 0 Å². The minimum absolute atomic E-state index is 0.00475. The van der Waals surface area contributed by atoms with Crippen molar-refractivity contribution in [3.63, 3.8) is 0 Å². The van der Waals surface area contributed by atoms with Gasteiger partial charge in [0.2, 0.25) is 0 Å². The number of ketones is 1. The van der Waals surface area contributed by atoms with Crippen molar-refractivity contribution in [1.29, 1.82) is 0 Å². The van der Waals surface area contributed by atoms with Crippen LogP contribution in [0, 0.1) is 0 Å². The maximum atomic E-state index is 11.4. The van der Waals surface area contributed by atoms with Crippen molar-refractivity contribution < 1.29 is 4.79 Å². The number of hydrogen-bond acceptors (Lipinski definition) is 1. The molecular weight excluding hydrogens is 264 g/mol. The molecule has 0 fully saturated rings. The molecule has 0 saturated carbocycles. The van der Waals surface area contributed by atoms with E-state index < -0.39 is 0 Å². The summed E-state index contributed by atoms with van der Waals surface area (Å²) in [4.78, 5) is 11.4. The Bertz CT molecular complexity index is 361. The molecule has 90 valence electrons. The van der Waals surface area contributed by atoms with Gasteiger partial charge < -0.3 is 0 Å². The molecule has 0 spiro atoms. The molecule has 0 heterocycles. The average Bonchev–Trinajstić information content (AvgIpc) is 2.19. The number of carbonyl (C=O) groups excluding carboxylic acids is 1. The molecule has 1 aromatic carbocycles. The summed E-state index contributed by atoms with van der Waals surface area (Å²) < 4.78 is 1.02. The van der Waals surface area contributed by atoms with Crippen LogP contribution in [0.4, 0.5) is 0 Å². The Morgan fingerprint density at radius 1 is 1.19 bits per heavy atom. The molecule has 0 aliphatic heterocycles. The lowest BCUT2D eigenvalue weighted by Crippen LogP contribution is -2.15. The van der Waals surface area contributed by atoms with E-state index in [1.807, 2.05) is 32.0 Å². The van der Waals surface area contributed by atoms with Crippen molar-refractivity contribution in [1.82, 2.24) is 0 Å². The number of rotatable bonds is 1. The van der Waals surface area contributed by atoms with Gasteiger partial charge >= 0.3 is 0 Å². The van der Waals surface area contributed by atoms with E-state index in [-0.39, 0.29) is 11.2 Å². The third-order valence-electron chi connectivity index (χ3n) is 2.17. The number of Topliss-reactive ketones (excluding diaryl/α,β-unsaturated/α-hetero) is 1. The molecule has 0 bridgehead atoms. The molecule has 1 rings (SSSR count). The van der Waals surface area contributed by atoms with Gasteiger partial charge in [-0.25, -0.2) is 0 Å². The van der Waals surface area contributed by atoms with Gasteiger partial charge in [-0.2, -0.15) is 0 Å². The predicted molar refractivity (Wildman–Crippen MR) is 74.2 cm³/mol. The van der Waals surface area contributed by atoms with Crippen LogP contribution in [-0.2, 0) is 5.41 Å². The van der Waals surface area contributed by atoms with Gasteiger partial charge in [-0.1, -0.05) is 56.6 Å². The third-order valence-corrected chi connectivity index (χ3v) is 2.66. The summed E-state index contributed by atoms with van der Waals surface area (Å²) in [6, 6.07) is 5.82. The lowest BCUT2D eigenvalue weighted by Gasteiger charge is -2.22. The largest absolute Gasteiger partial charge is 0.295 e. The molecule has 0 radical (unpaired) electrons. The minimum Gasteiger partial charge on any atom is -0.295 e. The van der Waals surface area contributed by atoms with Crippen molar-refractivity contribution >= 4 is 21.7 Å². The third kappa shape index (κ3) is 4.09. The van der Waals surface area contributed by atoms with Crippen LogP contribution < -0.4 is 0 Å². The van der Waals surface area contributed by atoms with E-state index in [2.05, 4.69) is 36.7 Å². The van der Waals surface area contributed by atoms with Crippen LogP contribution >= 0.6 is 15.9 Å². The molecule has 0 unspecified atom stereocenters. The first kappa shape index (κ1) is 15.4. The van der Waals surface area contributed by atoms with E-state index >= 15 is 0 Å². The first-order valence-electron chi connectivity index (χ1n) is 5.63. The van der Waals surface area contributed by atoms with Gasteiger partial charge in [0.15, 0.2) is 5.78 Å². The summed E-state index contributed by atoms with van der Waals surface area (Å²) in [5, 5.41) is 0. The lowest BCUT2D eigenvalue weighted by atomic mass is 9.83. The standard InChI is InChI=1S/C12H15BrO.C2H6/c1-8(14)10-6-5-9(13)7-11(10)12(2,3)4;1-2/h5-7H,1-4H3;1-2H3. The fraction of sp³-hybridized carbons (Fsp3) is 0.500. The second kappa shape index (κ2) is 6.19. The van der Waals surface area contributed by atoms with Crippen LogP contribution in [0.5, 0.6) is 0 Å². The van der Waals surface area contributed by atoms with Gasteiger partial charge in [-0.05, 0) is 30.0 Å². The molecule has 16 heavy (non-hydrogen) atoms. The minimum atomic E-state index is 0.00475. The summed E-state index contributed by atoms with van der Waals surface area (Å²) in [6.45, 7) is 11.9. The van der Waals surface area contributed by atoms with Crippen LogP contribution in [-0.4, -0.2) is 5.78 Å². The van der Waals surface area contributed by atoms with Crippen LogP contribution in [0.1, 0.15) is 57.5 Å². The zero-order chi connectivity index (χ0) is 12.9. The number of carbonyl (C=O) groups is 1. The van der Waals surface area contributed by atoms with E-state index in [1.165, 1.54) is 0 Å². The van der Waals surface area contributed by atoms with Crippen molar-refractivity contribution in [2.45, 2.75) is 47.0 Å². The number of halogens is 1. The highest BCUT2D eigenvalue weighted by molar-refractivity contribution is 9.10. The number of hydrogen-bond donors (Lipinski definition) is 0. The average molecular weight is 285 g/mol. The Labute approximate surface area is 107 Å². The summed E-state index contributed by atoms with van der Waals surface area (Å²) in [5.74, 6) is 0.127. The molecule has 0 amide bonds. The second-order valence-corrected chi connectivity index (χ2v) is 5.41. The summed E-state index contributed by atoms with van der Waals surface area (Å²) in [5.41, 5.74) is 1.92. The fourth-order valence-corrected chi connectivity index (χ4v) is 1.81. The van der Waals surface area contributed by atoms with Gasteiger partial charge in [0.25, 0.3) is 0 Å². The lowest BCUT2D eigenvalue weighted by molar-refractivity contribution is 0.101. The zero-order valence-corrected chi connectivity index (χ0v) is 12.6. The monoisotopic (exact) mass is 284 g/mol. The molecule has 0 N–H and O–H groups in total. The van der Waals surface area contributed by atoms with Crippen molar-refractivity contribution in [2.75, 3.05) is 0 Å². The zero-order valence-electron chi connectivity index (χ0n) is 11.0. The smallest absolute Gasteiger partial charge is 0.160 e. The van der Waals surface area contributed by atoms with Crippen LogP contribution in [0.2, 0.25) is 0 Å². The van der Waals surface area contributed by atoms with E-state index in [0.29, 0.717) is 0 Å². The quantitative estimate of drug-likeness (QED) is 0.665. The molecule has 1 aromatic rings. The van der Waals surface area contributed by atoms with Crippen molar-refractivity contribution in [2.24, 2.45) is 0 Å². The second-order valence-electron chi connectivity index (χ2n) is 4.50. The molecule has 2 heteroatoms. The van der Waals surface area contributed by atoms with Gasteiger partial charge in [0.05, 0.1) is 0 Å². The Morgan fingerprint density at radius 2 is 1.69 bits per heavy atom. The van der Waals surface area contributed by atoms with Crippen LogP contribution in [0.3, 0.4) is 0 Å². The summed E-state index contributed by atoms with van der Waals surface area (Å²) >= 11 is 3.43. The highest BCUT2D eigenvalue weighted by Crippen LogP contribution is 2.28. The Morgan fingerprint density at radius 3 is 2.06 bits per heavy atom. The molecule has 0 atom stereocenters. The molecular formula is C14H21BrO. The maximum absolute atomic E-state index is 11.4. The van der Waals surface area contributed by atoms with E-state index in [9.17, 15) is 4.79 Å². The number of benzene rings is 1. The van der Waals surface area contributed by atoms with E-state index in [1.54, 1.807) is 6.92 Å². The topological polar surface area (TPSA) is 17.1 Å². The highest BCUT2D eigenvalue weighted by Gasteiger charge is 2.19. The summed E-state index contributed by atoms with van der Waals surface area (Å²) in [7, 11) is 0. The van der Waals surface area contributed by atoms with Gasteiger partial charge in [0, 0.05) is 10.0 Å². The van der Waals surface area contributed by atoms with E-state index in [0.717, 1.165) is 15.6 Å². The van der Waals surface area contributed by atoms with Gasteiger partial charge in [0.1, 0.15) is 0 Å². The molecule has 0 aliphatic rings. The molecule has 0 saturated heterocycles. The Balaban J connectivity index is 0.00000106. The van der Waals surface area contributed by atoms with Gasteiger partial charge in [-0.15, -0.1) is 0 Å². The van der Waals surface area contributed by atoms with E-state index in [4.69, 9.17) is 0 Å². The molecule has 1 nitrogen and oxygen atoms in total. The fourth-order valence-electron chi connectivity index (χ4n) is 1.44. The Hall–Kier alpha value is -0.630. The van der Waals surface area contributed by atoms with Gasteiger partial charge in [-0.3, -0.25) is 4.79 Å². The SMILES string of the molecule is CC.CC(=O)c1ccc(Br)cc1C(C)(C)C. The molecule has 0 aromatic heterocycles. The first-order chi connectivity index (χ1) is 7.32. The first-order valence-corrected chi connectivity index (χ1v) is 6.42. The summed E-state index contributed by atoms with van der Waals surface area (Å²) in [6.07, 6.45) is 0. The maximum Gasteiger partial charge on any atom is 0.160 e. The molecule has 0 aliphatic carbocycles. The Kier molecular flexibility index (Phi) is 5.95. The normalized spacial score (nSPS) is 10.4.